The van der Waals surface area contributed by atoms with Crippen molar-refractivity contribution in [3.63, 3.8) is 0 Å². The van der Waals surface area contributed by atoms with E-state index in [0.717, 1.165) is 11.0 Å². The van der Waals surface area contributed by atoms with Crippen LogP contribution in [0.1, 0.15) is 5.56 Å². The summed E-state index contributed by atoms with van der Waals surface area (Å²) in [7, 11) is 3.15. The van der Waals surface area contributed by atoms with Crippen molar-refractivity contribution in [2.45, 2.75) is 5.16 Å². The van der Waals surface area contributed by atoms with Crippen molar-refractivity contribution in [2.24, 2.45) is 5.10 Å². The predicted octanol–water partition coefficient (Wildman–Crippen LogP) is 2.82. The highest BCUT2D eigenvalue weighted by atomic mass is 32.2. The van der Waals surface area contributed by atoms with Gasteiger partial charge in [-0.25, -0.2) is 10.4 Å². The Balaban J connectivity index is 1.56. The number of benzene rings is 2. The van der Waals surface area contributed by atoms with Crippen LogP contribution < -0.4 is 14.9 Å². The second-order valence-electron chi connectivity index (χ2n) is 5.25. The number of carbonyl (C=O) groups is 1. The largest absolute Gasteiger partial charge is 0.497 e. The van der Waals surface area contributed by atoms with E-state index in [-0.39, 0.29) is 11.7 Å². The molecule has 7 nitrogen and oxygen atoms in total. The third-order valence-corrected chi connectivity index (χ3v) is 4.41. The number of hydrogen-bond donors (Lipinski definition) is 2. The number of ether oxygens (including phenoxy) is 2. The summed E-state index contributed by atoms with van der Waals surface area (Å²) in [4.78, 5) is 19.5. The van der Waals surface area contributed by atoms with Crippen molar-refractivity contribution in [1.82, 2.24) is 15.4 Å². The van der Waals surface area contributed by atoms with Gasteiger partial charge in [0.05, 0.1) is 37.2 Å². The van der Waals surface area contributed by atoms with Crippen molar-refractivity contribution < 1.29 is 14.3 Å². The zero-order valence-corrected chi connectivity index (χ0v) is 15.2. The Kier molecular flexibility index (Phi) is 5.75. The molecule has 0 aliphatic heterocycles. The number of nitrogens with one attached hydrogen (secondary N) is 2. The average Bonchev–Trinajstić information content (AvgIpc) is 3.09. The predicted molar refractivity (Wildman–Crippen MR) is 102 cm³/mol. The first-order chi connectivity index (χ1) is 12.7. The number of thioether (sulfide) groups is 1. The molecule has 3 rings (SSSR count). The number of aromatic nitrogens is 2. The molecule has 134 valence electrons. The number of aromatic amines is 1. The zero-order valence-electron chi connectivity index (χ0n) is 14.4. The van der Waals surface area contributed by atoms with E-state index in [1.165, 1.54) is 18.0 Å². The van der Waals surface area contributed by atoms with E-state index in [1.807, 2.05) is 24.3 Å². The van der Waals surface area contributed by atoms with Gasteiger partial charge in [0.2, 0.25) is 0 Å². The van der Waals surface area contributed by atoms with Gasteiger partial charge in [-0.3, -0.25) is 4.79 Å². The molecule has 8 heteroatoms. The quantitative estimate of drug-likeness (QED) is 0.379. The number of rotatable bonds is 7. The molecule has 0 radical (unpaired) electrons. The van der Waals surface area contributed by atoms with E-state index in [0.29, 0.717) is 22.2 Å². The molecule has 0 unspecified atom stereocenters. The van der Waals surface area contributed by atoms with Crippen LogP contribution in [0.15, 0.2) is 52.7 Å². The third-order valence-electron chi connectivity index (χ3n) is 3.54. The topological polar surface area (TPSA) is 88.6 Å². The van der Waals surface area contributed by atoms with Crippen molar-refractivity contribution in [1.29, 1.82) is 0 Å². The van der Waals surface area contributed by atoms with Gasteiger partial charge >= 0.3 is 0 Å². The minimum atomic E-state index is -0.228. The molecule has 0 aliphatic carbocycles. The van der Waals surface area contributed by atoms with Crippen molar-refractivity contribution in [3.05, 3.63) is 48.0 Å². The van der Waals surface area contributed by atoms with Gasteiger partial charge in [0.1, 0.15) is 11.5 Å². The van der Waals surface area contributed by atoms with Crippen LogP contribution in [0.4, 0.5) is 0 Å². The van der Waals surface area contributed by atoms with Crippen LogP contribution in [0.2, 0.25) is 0 Å². The minimum absolute atomic E-state index is 0.201. The van der Waals surface area contributed by atoms with Crippen LogP contribution in [0.5, 0.6) is 11.5 Å². The number of para-hydroxylation sites is 2. The Hall–Kier alpha value is -3.00. The lowest BCUT2D eigenvalue weighted by atomic mass is 10.2. The smallest absolute Gasteiger partial charge is 0.250 e. The maximum absolute atomic E-state index is 12.0. The first kappa shape index (κ1) is 17.8. The molecule has 1 amide bonds. The van der Waals surface area contributed by atoms with E-state index in [9.17, 15) is 4.79 Å². The number of amides is 1. The first-order valence-electron chi connectivity index (χ1n) is 7.81. The maximum atomic E-state index is 12.0. The Morgan fingerprint density at radius 1 is 1.27 bits per heavy atom. The van der Waals surface area contributed by atoms with E-state index < -0.39 is 0 Å². The Bertz CT molecular complexity index is 906. The highest BCUT2D eigenvalue weighted by molar-refractivity contribution is 7.99. The fraction of sp³-hybridized carbons (Fsp3) is 0.167. The molecule has 0 spiro atoms. The summed E-state index contributed by atoms with van der Waals surface area (Å²) < 4.78 is 10.4. The number of imidazole rings is 1. The van der Waals surface area contributed by atoms with Crippen LogP contribution in [-0.4, -0.2) is 42.1 Å². The minimum Gasteiger partial charge on any atom is -0.497 e. The molecular weight excluding hydrogens is 352 g/mol. The number of H-pyrrole nitrogens is 1. The lowest BCUT2D eigenvalue weighted by molar-refractivity contribution is -0.118. The molecule has 1 aromatic heterocycles. The number of hydrazone groups is 1. The summed E-state index contributed by atoms with van der Waals surface area (Å²) in [6.45, 7) is 0. The average molecular weight is 370 g/mol. The normalized spacial score (nSPS) is 11.0. The Morgan fingerprint density at radius 3 is 2.88 bits per heavy atom. The lowest BCUT2D eigenvalue weighted by Gasteiger charge is -2.06. The lowest BCUT2D eigenvalue weighted by Crippen LogP contribution is -2.19. The molecule has 0 saturated heterocycles. The molecule has 2 aromatic carbocycles. The second-order valence-corrected chi connectivity index (χ2v) is 6.21. The van der Waals surface area contributed by atoms with Gasteiger partial charge in [0.25, 0.3) is 5.91 Å². The standard InChI is InChI=1S/C18H18N4O3S/c1-24-13-7-8-16(25-2)12(9-13)10-19-22-17(23)11-26-18-20-14-5-3-4-6-15(14)21-18/h3-10H,11H2,1-2H3,(H,20,21)(H,22,23)/b19-10-. The van der Waals surface area contributed by atoms with Gasteiger partial charge in [0, 0.05) is 5.56 Å². The fourth-order valence-electron chi connectivity index (χ4n) is 2.28. The second kappa shape index (κ2) is 8.39. The van der Waals surface area contributed by atoms with Crippen molar-refractivity contribution >= 4 is 34.9 Å². The van der Waals surface area contributed by atoms with Gasteiger partial charge in [-0.1, -0.05) is 23.9 Å². The summed E-state index contributed by atoms with van der Waals surface area (Å²) in [5.74, 6) is 1.29. The third kappa shape index (κ3) is 4.34. The number of hydrogen-bond acceptors (Lipinski definition) is 6. The highest BCUT2D eigenvalue weighted by Crippen LogP contribution is 2.22. The molecule has 0 aliphatic rings. The molecule has 0 bridgehead atoms. The van der Waals surface area contributed by atoms with E-state index in [2.05, 4.69) is 20.5 Å². The summed E-state index contributed by atoms with van der Waals surface area (Å²) in [5.41, 5.74) is 5.02. The summed E-state index contributed by atoms with van der Waals surface area (Å²) in [5, 5.41) is 4.67. The SMILES string of the molecule is COc1ccc(OC)c(/C=N\NC(=O)CSc2nc3ccccc3[nH]2)c1. The molecule has 26 heavy (non-hydrogen) atoms. The van der Waals surface area contributed by atoms with Crippen LogP contribution in [0, 0.1) is 0 Å². The maximum Gasteiger partial charge on any atom is 0.250 e. The molecule has 0 fully saturated rings. The Labute approximate surface area is 154 Å². The van der Waals surface area contributed by atoms with Gasteiger partial charge < -0.3 is 14.5 Å². The van der Waals surface area contributed by atoms with Gasteiger partial charge in [-0.05, 0) is 30.3 Å². The van der Waals surface area contributed by atoms with Gasteiger partial charge in [-0.2, -0.15) is 5.10 Å². The number of methoxy groups -OCH3 is 2. The van der Waals surface area contributed by atoms with Crippen molar-refractivity contribution in [2.75, 3.05) is 20.0 Å². The number of fused-ring (bicyclic) bond motifs is 1. The number of carbonyl (C=O) groups excluding carboxylic acids is 1. The highest BCUT2D eigenvalue weighted by Gasteiger charge is 2.07. The zero-order chi connectivity index (χ0) is 18.4. The van der Waals surface area contributed by atoms with Crippen molar-refractivity contribution in [3.8, 4) is 11.5 Å². The van der Waals surface area contributed by atoms with Crippen LogP contribution in [0.3, 0.4) is 0 Å². The molecular formula is C18H18N4O3S. The summed E-state index contributed by atoms with van der Waals surface area (Å²) in [6, 6.07) is 13.1. The van der Waals surface area contributed by atoms with Crippen LogP contribution >= 0.6 is 11.8 Å². The van der Waals surface area contributed by atoms with Crippen LogP contribution in [0.25, 0.3) is 11.0 Å². The van der Waals surface area contributed by atoms with Gasteiger partial charge in [-0.15, -0.1) is 0 Å². The van der Waals surface area contributed by atoms with E-state index in [4.69, 9.17) is 9.47 Å². The molecule has 2 N–H and O–H groups in total. The van der Waals surface area contributed by atoms with Gasteiger partial charge in [0.15, 0.2) is 5.16 Å². The Morgan fingerprint density at radius 2 is 2.12 bits per heavy atom. The van der Waals surface area contributed by atoms with E-state index >= 15 is 0 Å². The first-order valence-corrected chi connectivity index (χ1v) is 8.79. The summed E-state index contributed by atoms with van der Waals surface area (Å²) >= 11 is 1.32. The summed E-state index contributed by atoms with van der Waals surface area (Å²) in [6.07, 6.45) is 1.52. The molecule has 0 atom stereocenters. The van der Waals surface area contributed by atoms with Crippen LogP contribution in [-0.2, 0) is 4.79 Å². The number of nitrogens with zero attached hydrogens (tertiary/aromatic N) is 2. The monoisotopic (exact) mass is 370 g/mol. The molecule has 3 aromatic rings. The molecule has 0 saturated carbocycles. The fourth-order valence-corrected chi connectivity index (χ4v) is 2.96. The van der Waals surface area contributed by atoms with E-state index in [1.54, 1.807) is 32.4 Å². The molecule has 1 heterocycles.